The second kappa shape index (κ2) is 5.99. The van der Waals surface area contributed by atoms with Crippen LogP contribution in [0.5, 0.6) is 0 Å². The molecule has 2 heterocycles. The van der Waals surface area contributed by atoms with Crippen molar-refractivity contribution in [3.63, 3.8) is 0 Å². The van der Waals surface area contributed by atoms with Crippen LogP contribution in [-0.4, -0.2) is 18.6 Å². The third-order valence-corrected chi connectivity index (χ3v) is 6.73. The Balaban J connectivity index is 1.93. The van der Waals surface area contributed by atoms with Crippen LogP contribution in [0.2, 0.25) is 5.02 Å². The van der Waals surface area contributed by atoms with Crippen molar-refractivity contribution < 1.29 is 8.42 Å². The van der Waals surface area contributed by atoms with Crippen LogP contribution in [0.25, 0.3) is 10.6 Å². The van der Waals surface area contributed by atoms with Crippen LogP contribution in [0, 0.1) is 13.8 Å². The van der Waals surface area contributed by atoms with Crippen LogP contribution >= 0.6 is 22.9 Å². The van der Waals surface area contributed by atoms with Gasteiger partial charge in [0.2, 0.25) is 0 Å². The van der Waals surface area contributed by atoms with Crippen LogP contribution in [0.3, 0.4) is 0 Å². The molecule has 0 spiro atoms. The Labute approximate surface area is 143 Å². The van der Waals surface area contributed by atoms with Crippen molar-refractivity contribution in [2.24, 2.45) is 0 Å². The van der Waals surface area contributed by atoms with Gasteiger partial charge in [0.15, 0.2) is 0 Å². The van der Waals surface area contributed by atoms with Crippen molar-refractivity contribution in [1.29, 1.82) is 0 Å². The van der Waals surface area contributed by atoms with Crippen molar-refractivity contribution in [1.82, 2.24) is 10.2 Å². The second-order valence-corrected chi connectivity index (χ2v) is 8.43. The zero-order valence-electron chi connectivity index (χ0n) is 12.4. The molecule has 5 nitrogen and oxygen atoms in total. The predicted octanol–water partition coefficient (Wildman–Crippen LogP) is 4.21. The van der Waals surface area contributed by atoms with Gasteiger partial charge in [-0.2, -0.15) is 5.10 Å². The van der Waals surface area contributed by atoms with Gasteiger partial charge < -0.3 is 0 Å². The number of nitrogens with one attached hydrogen (secondary N) is 2. The molecule has 0 aliphatic carbocycles. The summed E-state index contributed by atoms with van der Waals surface area (Å²) in [5, 5.41) is 7.49. The largest absolute Gasteiger partial charge is 0.282 e. The number of thiophene rings is 1. The number of rotatable bonds is 4. The Kier molecular flexibility index (Phi) is 4.18. The zero-order valence-corrected chi connectivity index (χ0v) is 14.8. The number of aryl methyl sites for hydroxylation is 1. The summed E-state index contributed by atoms with van der Waals surface area (Å²) in [6, 6.07) is 10.0. The third kappa shape index (κ3) is 3.12. The number of para-hydroxylation sites is 1. The van der Waals surface area contributed by atoms with Crippen LogP contribution in [0.15, 0.2) is 40.6 Å². The van der Waals surface area contributed by atoms with Crippen molar-refractivity contribution in [3.05, 3.63) is 52.7 Å². The quantitative estimate of drug-likeness (QED) is 0.725. The number of aromatic nitrogens is 2. The van der Waals surface area contributed by atoms with Gasteiger partial charge in [0.05, 0.1) is 15.6 Å². The number of sulfonamides is 1. The number of H-pyrrole nitrogens is 1. The Morgan fingerprint density at radius 3 is 2.57 bits per heavy atom. The Morgan fingerprint density at radius 1 is 1.17 bits per heavy atom. The highest BCUT2D eigenvalue weighted by Gasteiger charge is 2.20. The van der Waals surface area contributed by atoms with E-state index in [2.05, 4.69) is 14.9 Å². The van der Waals surface area contributed by atoms with Crippen LogP contribution in [0.1, 0.15) is 11.3 Å². The smallest absolute Gasteiger partial charge is 0.271 e. The molecule has 0 aliphatic heterocycles. The monoisotopic (exact) mass is 367 g/mol. The third-order valence-electron chi connectivity index (χ3n) is 3.45. The Morgan fingerprint density at radius 2 is 1.91 bits per heavy atom. The van der Waals surface area contributed by atoms with Crippen LogP contribution in [-0.2, 0) is 10.0 Å². The number of hydrogen-bond donors (Lipinski definition) is 2. The first-order valence-electron chi connectivity index (χ1n) is 6.77. The van der Waals surface area contributed by atoms with Crippen molar-refractivity contribution in [3.8, 4) is 10.6 Å². The van der Waals surface area contributed by atoms with Gasteiger partial charge in [-0.3, -0.25) is 9.82 Å². The number of aromatic amines is 1. The molecule has 0 saturated carbocycles. The molecule has 8 heteroatoms. The molecule has 0 saturated heterocycles. The lowest BCUT2D eigenvalue weighted by molar-refractivity contribution is 0.603. The maximum absolute atomic E-state index is 12.5. The maximum atomic E-state index is 12.5. The number of nitrogens with zero attached hydrogens (tertiary/aromatic N) is 1. The molecular formula is C15H14ClN3O2S2. The van der Waals surface area contributed by atoms with Crippen molar-refractivity contribution >= 4 is 38.6 Å². The van der Waals surface area contributed by atoms with E-state index in [0.29, 0.717) is 10.7 Å². The number of halogens is 1. The Bertz CT molecular complexity index is 961. The van der Waals surface area contributed by atoms with Crippen molar-refractivity contribution in [2.45, 2.75) is 18.1 Å². The summed E-state index contributed by atoms with van der Waals surface area (Å²) in [6.07, 6.45) is 0. The highest BCUT2D eigenvalue weighted by molar-refractivity contribution is 7.94. The molecular weight excluding hydrogens is 354 g/mol. The SMILES string of the molecule is Cc1[nH]nc(-c2ccc(S(=O)(=O)Nc3ccccc3Cl)s2)c1C. The average molecular weight is 368 g/mol. The molecule has 1 aromatic carbocycles. The maximum Gasteiger partial charge on any atom is 0.271 e. The molecule has 0 aliphatic rings. The first kappa shape index (κ1) is 16.0. The van der Waals surface area contributed by atoms with Crippen molar-refractivity contribution in [2.75, 3.05) is 4.72 Å². The average Bonchev–Trinajstić information content (AvgIpc) is 3.10. The summed E-state index contributed by atoms with van der Waals surface area (Å²) < 4.78 is 27.7. The van der Waals surface area contributed by atoms with E-state index in [4.69, 9.17) is 11.6 Å². The van der Waals surface area contributed by atoms with E-state index in [0.717, 1.165) is 21.8 Å². The van der Waals surface area contributed by atoms with E-state index >= 15 is 0 Å². The highest BCUT2D eigenvalue weighted by atomic mass is 35.5. The van der Waals surface area contributed by atoms with E-state index in [1.54, 1.807) is 36.4 Å². The second-order valence-electron chi connectivity index (χ2n) is 5.03. The topological polar surface area (TPSA) is 74.8 Å². The van der Waals surface area contributed by atoms with E-state index in [-0.39, 0.29) is 4.21 Å². The molecule has 0 unspecified atom stereocenters. The number of hydrogen-bond acceptors (Lipinski definition) is 4. The molecule has 0 amide bonds. The lowest BCUT2D eigenvalue weighted by Gasteiger charge is -2.07. The minimum atomic E-state index is -3.68. The minimum Gasteiger partial charge on any atom is -0.282 e. The van der Waals surface area contributed by atoms with E-state index in [9.17, 15) is 8.42 Å². The molecule has 2 aromatic heterocycles. The molecule has 0 atom stereocenters. The van der Waals surface area contributed by atoms with Crippen LogP contribution in [0.4, 0.5) is 5.69 Å². The van der Waals surface area contributed by atoms with Crippen LogP contribution < -0.4 is 4.72 Å². The number of anilines is 1. The highest BCUT2D eigenvalue weighted by Crippen LogP contribution is 2.33. The van der Waals surface area contributed by atoms with Gasteiger partial charge in [-0.15, -0.1) is 11.3 Å². The summed E-state index contributed by atoms with van der Waals surface area (Å²) >= 11 is 7.17. The molecule has 2 N–H and O–H groups in total. The van der Waals surface area contributed by atoms with Gasteiger partial charge in [-0.05, 0) is 43.7 Å². The lowest BCUT2D eigenvalue weighted by atomic mass is 10.2. The molecule has 0 fully saturated rings. The van der Waals surface area contributed by atoms with Gasteiger partial charge in [-0.1, -0.05) is 23.7 Å². The summed E-state index contributed by atoms with van der Waals surface area (Å²) in [4.78, 5) is 0.798. The predicted molar refractivity (Wildman–Crippen MR) is 93.6 cm³/mol. The summed E-state index contributed by atoms with van der Waals surface area (Å²) in [7, 11) is -3.68. The summed E-state index contributed by atoms with van der Waals surface area (Å²) in [6.45, 7) is 3.88. The van der Waals surface area contributed by atoms with Gasteiger partial charge in [-0.25, -0.2) is 8.42 Å². The first-order chi connectivity index (χ1) is 10.9. The molecule has 120 valence electrons. The summed E-state index contributed by atoms with van der Waals surface area (Å²) in [5.74, 6) is 0. The van der Waals surface area contributed by atoms with Gasteiger partial charge in [0.25, 0.3) is 10.0 Å². The number of benzene rings is 1. The summed E-state index contributed by atoms with van der Waals surface area (Å²) in [5.41, 5.74) is 3.10. The van der Waals surface area contributed by atoms with Gasteiger partial charge >= 0.3 is 0 Å². The van der Waals surface area contributed by atoms with E-state index < -0.39 is 10.0 Å². The Hall–Kier alpha value is -1.83. The van der Waals surface area contributed by atoms with Gasteiger partial charge in [0.1, 0.15) is 9.90 Å². The lowest BCUT2D eigenvalue weighted by Crippen LogP contribution is -2.11. The zero-order chi connectivity index (χ0) is 16.6. The molecule has 3 aromatic rings. The normalized spacial score (nSPS) is 11.6. The fraction of sp³-hybridized carbons (Fsp3) is 0.133. The minimum absolute atomic E-state index is 0.215. The standard InChI is InChI=1S/C15H14ClN3O2S2/c1-9-10(2)17-18-15(9)13-7-8-14(22-13)23(20,21)19-12-6-4-3-5-11(12)16/h3-8,19H,1-2H3,(H,17,18). The molecule has 0 radical (unpaired) electrons. The fourth-order valence-corrected chi connectivity index (χ4v) is 4.73. The van der Waals surface area contributed by atoms with Gasteiger partial charge in [0, 0.05) is 5.69 Å². The van der Waals surface area contributed by atoms with E-state index in [1.807, 2.05) is 13.8 Å². The fourth-order valence-electron chi connectivity index (χ4n) is 2.06. The van der Waals surface area contributed by atoms with E-state index in [1.165, 1.54) is 11.3 Å². The molecule has 0 bridgehead atoms. The molecule has 3 rings (SSSR count). The molecule has 23 heavy (non-hydrogen) atoms. The first-order valence-corrected chi connectivity index (χ1v) is 9.45.